The van der Waals surface area contributed by atoms with E-state index in [0.717, 1.165) is 6.08 Å². The van der Waals surface area contributed by atoms with E-state index in [-0.39, 0.29) is 29.6 Å². The zero-order valence-electron chi connectivity index (χ0n) is 9.32. The molecule has 0 fully saturated rings. The molecule has 0 aliphatic heterocycles. The Hall–Kier alpha value is -0.930. The van der Waals surface area contributed by atoms with Gasteiger partial charge in [0, 0.05) is 6.08 Å². The number of aliphatic hydroxyl groups excluding tert-OH is 2. The number of hydrogen-bond acceptors (Lipinski definition) is 7. The minimum Gasteiger partial charge on any atom is -0.547 e. The van der Waals surface area contributed by atoms with Crippen LogP contribution in [0.4, 0.5) is 0 Å². The summed E-state index contributed by atoms with van der Waals surface area (Å²) in [5.41, 5.74) is 0. The average molecular weight is 258 g/mol. The molecule has 0 aromatic carbocycles. The van der Waals surface area contributed by atoms with Gasteiger partial charge in [0.25, 0.3) is 0 Å². The quantitative estimate of drug-likeness (QED) is 0.256. The Balaban J connectivity index is -0.000000244. The molecule has 9 heteroatoms. The summed E-state index contributed by atoms with van der Waals surface area (Å²) in [4.78, 5) is 29.2. The van der Waals surface area contributed by atoms with Gasteiger partial charge in [-0.15, -0.1) is 0 Å². The Morgan fingerprint density at radius 1 is 1.29 bits per heavy atom. The Labute approximate surface area is 119 Å². The van der Waals surface area contributed by atoms with E-state index in [4.69, 9.17) is 15.3 Å². The second kappa shape index (κ2) is 11.6. The number of methoxy groups -OCH3 is 1. The molecule has 0 aliphatic rings. The normalized spacial score (nSPS) is 11.7. The van der Waals surface area contributed by atoms with Crippen LogP contribution in [0.3, 0.4) is 0 Å². The third-order valence-electron chi connectivity index (χ3n) is 1.16. The summed E-state index contributed by atoms with van der Waals surface area (Å²) >= 11 is 0. The van der Waals surface area contributed by atoms with Gasteiger partial charge in [0.2, 0.25) is 0 Å². The number of rotatable bonds is 4. The fraction of sp³-hybridized carbons (Fsp3) is 0.375. The van der Waals surface area contributed by atoms with E-state index in [1.807, 2.05) is 0 Å². The summed E-state index contributed by atoms with van der Waals surface area (Å²) in [6, 6.07) is 0. The first kappa shape index (κ1) is 21.4. The van der Waals surface area contributed by atoms with Gasteiger partial charge in [-0.05, 0) is 0 Å². The van der Waals surface area contributed by atoms with Crippen molar-refractivity contribution in [3.8, 4) is 0 Å². The maximum atomic E-state index is 9.84. The molecule has 17 heavy (non-hydrogen) atoms. The molecule has 0 spiro atoms. The monoisotopic (exact) mass is 258 g/mol. The second-order valence-corrected chi connectivity index (χ2v) is 2.27. The molecule has 0 saturated carbocycles. The van der Waals surface area contributed by atoms with Crippen LogP contribution in [-0.4, -0.2) is 52.5 Å². The molecule has 0 saturated heterocycles. The Morgan fingerprint density at radius 2 is 1.71 bits per heavy atom. The molecule has 0 heterocycles. The fourth-order valence-electron chi connectivity index (χ4n) is 0.347. The molecule has 0 aromatic rings. The number of carboxylic acids is 2. The second-order valence-electron chi connectivity index (χ2n) is 2.27. The predicted octanol–water partition coefficient (Wildman–Crippen LogP) is -6.11. The van der Waals surface area contributed by atoms with Crippen molar-refractivity contribution in [2.75, 3.05) is 7.11 Å². The number of carbonyl (C=O) groups excluding carboxylic acids is 2. The number of ether oxygens (including phenoxy) is 1. The number of carboxylic acid groups (broad SMARTS) is 2. The van der Waals surface area contributed by atoms with Crippen molar-refractivity contribution < 1.29 is 69.1 Å². The maximum Gasteiger partial charge on any atom is 1.00 e. The topological polar surface area (TPSA) is 144 Å². The Kier molecular flexibility index (Phi) is 14.5. The SMILES string of the molecule is C=CC(=O)OC.O=C([O-])C(O)C(O)C(=O)O.[Na+]. The summed E-state index contributed by atoms with van der Waals surface area (Å²) in [6.45, 7) is 3.16. The summed E-state index contributed by atoms with van der Waals surface area (Å²) in [7, 11) is 1.31. The van der Waals surface area contributed by atoms with Gasteiger partial charge >= 0.3 is 41.5 Å². The maximum absolute atomic E-state index is 9.84. The standard InChI is InChI=1S/C4H6O6.C4H6O2.Na/c5-1(3(7)8)2(6)4(9)10;1-3-4(5)6-2;/h1-2,5-6H,(H,7,8)(H,9,10);3H,1H2,2H3;/q;;+1/p-1. The number of carbonyl (C=O) groups is 3. The van der Waals surface area contributed by atoms with Gasteiger partial charge in [-0.25, -0.2) is 9.59 Å². The van der Waals surface area contributed by atoms with E-state index >= 15 is 0 Å². The summed E-state index contributed by atoms with van der Waals surface area (Å²) in [5.74, 6) is -4.22. The minimum absolute atomic E-state index is 0. The van der Waals surface area contributed by atoms with Crippen LogP contribution in [0.2, 0.25) is 0 Å². The summed E-state index contributed by atoms with van der Waals surface area (Å²) < 4.78 is 4.14. The molecule has 0 aliphatic carbocycles. The van der Waals surface area contributed by atoms with E-state index < -0.39 is 30.1 Å². The minimum atomic E-state index is -2.38. The fourth-order valence-corrected chi connectivity index (χ4v) is 0.347. The van der Waals surface area contributed by atoms with Crippen molar-refractivity contribution in [1.29, 1.82) is 0 Å². The molecule has 0 radical (unpaired) electrons. The van der Waals surface area contributed by atoms with Crippen LogP contribution < -0.4 is 34.7 Å². The molecule has 92 valence electrons. The van der Waals surface area contributed by atoms with Crippen molar-refractivity contribution in [2.45, 2.75) is 12.2 Å². The third kappa shape index (κ3) is 11.3. The van der Waals surface area contributed by atoms with Crippen molar-refractivity contribution in [2.24, 2.45) is 0 Å². The van der Waals surface area contributed by atoms with Crippen LogP contribution >= 0.6 is 0 Å². The van der Waals surface area contributed by atoms with Crippen molar-refractivity contribution >= 4 is 17.9 Å². The van der Waals surface area contributed by atoms with Crippen LogP contribution in [0.15, 0.2) is 12.7 Å². The van der Waals surface area contributed by atoms with Gasteiger partial charge < -0.3 is 30.0 Å². The molecule has 0 rings (SSSR count). The van der Waals surface area contributed by atoms with Gasteiger partial charge in [0.05, 0.1) is 13.1 Å². The molecular formula is C8H11NaO8. The molecule has 3 N–H and O–H groups in total. The molecule has 2 unspecified atom stereocenters. The summed E-state index contributed by atoms with van der Waals surface area (Å²) in [6.07, 6.45) is -3.59. The van der Waals surface area contributed by atoms with E-state index in [9.17, 15) is 19.5 Å². The molecule has 8 nitrogen and oxygen atoms in total. The van der Waals surface area contributed by atoms with Crippen LogP contribution in [0, 0.1) is 0 Å². The van der Waals surface area contributed by atoms with E-state index in [2.05, 4.69) is 11.3 Å². The molecule has 0 amide bonds. The number of aliphatic carboxylic acids is 2. The zero-order chi connectivity index (χ0) is 13.3. The van der Waals surface area contributed by atoms with Gasteiger partial charge in [0.1, 0.15) is 6.10 Å². The van der Waals surface area contributed by atoms with Crippen LogP contribution in [-0.2, 0) is 19.1 Å². The number of aliphatic hydroxyl groups is 2. The molecular weight excluding hydrogens is 247 g/mol. The van der Waals surface area contributed by atoms with E-state index in [0.29, 0.717) is 0 Å². The first-order chi connectivity index (χ1) is 7.27. The Morgan fingerprint density at radius 3 is 1.76 bits per heavy atom. The predicted molar refractivity (Wildman–Crippen MR) is 46.9 cm³/mol. The average Bonchev–Trinajstić information content (AvgIpc) is 2.26. The van der Waals surface area contributed by atoms with Crippen molar-refractivity contribution in [3.05, 3.63) is 12.7 Å². The molecule has 0 aromatic heterocycles. The van der Waals surface area contributed by atoms with Crippen LogP contribution in [0.25, 0.3) is 0 Å². The third-order valence-corrected chi connectivity index (χ3v) is 1.16. The Bertz CT molecular complexity index is 259. The van der Waals surface area contributed by atoms with E-state index in [1.54, 1.807) is 0 Å². The number of esters is 1. The van der Waals surface area contributed by atoms with Gasteiger partial charge in [-0.2, -0.15) is 0 Å². The smallest absolute Gasteiger partial charge is 0.547 e. The van der Waals surface area contributed by atoms with Gasteiger partial charge in [-0.1, -0.05) is 6.58 Å². The van der Waals surface area contributed by atoms with Crippen LogP contribution in [0.1, 0.15) is 0 Å². The van der Waals surface area contributed by atoms with Crippen molar-refractivity contribution in [3.63, 3.8) is 0 Å². The zero-order valence-corrected chi connectivity index (χ0v) is 11.3. The first-order valence-corrected chi connectivity index (χ1v) is 3.78. The molecule has 2 atom stereocenters. The van der Waals surface area contributed by atoms with E-state index in [1.165, 1.54) is 7.11 Å². The van der Waals surface area contributed by atoms with Gasteiger partial charge in [0.15, 0.2) is 6.10 Å². The first-order valence-electron chi connectivity index (χ1n) is 3.78. The van der Waals surface area contributed by atoms with Gasteiger partial charge in [-0.3, -0.25) is 0 Å². The van der Waals surface area contributed by atoms with Crippen LogP contribution in [0.5, 0.6) is 0 Å². The van der Waals surface area contributed by atoms with Crippen molar-refractivity contribution in [1.82, 2.24) is 0 Å². The largest absolute Gasteiger partial charge is 1.00 e. The number of hydrogen-bond donors (Lipinski definition) is 3. The molecule has 0 bridgehead atoms. The summed E-state index contributed by atoms with van der Waals surface area (Å²) in [5, 5.41) is 34.1.